The number of carbonyl (C=O) groups is 1. The Kier molecular flexibility index (Phi) is 12.0. The van der Waals surface area contributed by atoms with Crippen LogP contribution in [0.3, 0.4) is 0 Å². The zero-order chi connectivity index (χ0) is 27.8. The Balaban J connectivity index is 2.26. The second-order valence-corrected chi connectivity index (χ2v) is 10.6. The average Bonchev–Trinajstić information content (AvgIpc) is 2.79. The van der Waals surface area contributed by atoms with Crippen molar-refractivity contribution >= 4 is 41.2 Å². The summed E-state index contributed by atoms with van der Waals surface area (Å²) in [4.78, 5) is 37.8. The van der Waals surface area contributed by atoms with Gasteiger partial charge in [0.1, 0.15) is 29.9 Å². The number of aliphatic hydroxyl groups excluding tert-OH is 1. The number of nitrogens with zero attached hydrogens (tertiary/aromatic N) is 1. The van der Waals surface area contributed by atoms with Gasteiger partial charge in [-0.3, -0.25) is 23.7 Å². The van der Waals surface area contributed by atoms with Gasteiger partial charge in [-0.2, -0.15) is 5.09 Å². The van der Waals surface area contributed by atoms with Crippen LogP contribution in [0.4, 0.5) is 4.39 Å². The molecule has 1 aromatic heterocycles. The molecule has 0 aliphatic carbocycles. The number of rotatable bonds is 14. The standard InChI is InChI=1S/C21H27BrClFN3O9P/c1-12(2)34-20(30)13(3)26-37(32,36-15-6-4-5-14(24)9-15)33-11-16(19(23)29)35-18(10-22)27-8-7-17(28)25-21(27)31/h4-9,12-13,16,18-19,29H,10-11H2,1-3H3,(H,26,32)(H,25,28,31)/t13-,16+,18+,19+,37?/m0/s1. The van der Waals surface area contributed by atoms with Crippen LogP contribution in [-0.4, -0.2) is 56.4 Å². The predicted molar refractivity (Wildman–Crippen MR) is 135 cm³/mol. The van der Waals surface area contributed by atoms with Gasteiger partial charge in [0.25, 0.3) is 5.56 Å². The Bertz CT molecular complexity index is 1210. The van der Waals surface area contributed by atoms with Gasteiger partial charge < -0.3 is 19.1 Å². The van der Waals surface area contributed by atoms with Crippen LogP contribution in [0.2, 0.25) is 0 Å². The minimum Gasteiger partial charge on any atom is -0.462 e. The first kappa shape index (κ1) is 31.2. The predicted octanol–water partition coefficient (Wildman–Crippen LogP) is 2.65. The Morgan fingerprint density at radius 1 is 1.30 bits per heavy atom. The highest BCUT2D eigenvalue weighted by atomic mass is 79.9. The fourth-order valence-electron chi connectivity index (χ4n) is 2.76. The van der Waals surface area contributed by atoms with E-state index in [0.717, 1.165) is 22.8 Å². The topological polar surface area (TPSA) is 158 Å². The lowest BCUT2D eigenvalue weighted by atomic mass is 10.3. The molecule has 0 fully saturated rings. The summed E-state index contributed by atoms with van der Waals surface area (Å²) in [5.41, 5.74) is -3.13. The van der Waals surface area contributed by atoms with Crippen molar-refractivity contribution in [3.05, 3.63) is 63.2 Å². The van der Waals surface area contributed by atoms with Crippen molar-refractivity contribution in [3.8, 4) is 5.75 Å². The second kappa shape index (κ2) is 14.2. The van der Waals surface area contributed by atoms with E-state index in [9.17, 15) is 28.4 Å². The maximum atomic E-state index is 13.7. The monoisotopic (exact) mass is 629 g/mol. The summed E-state index contributed by atoms with van der Waals surface area (Å²) in [6.45, 7) is 3.94. The number of H-pyrrole nitrogens is 1. The van der Waals surface area contributed by atoms with E-state index in [-0.39, 0.29) is 11.1 Å². The molecule has 0 aliphatic heterocycles. The van der Waals surface area contributed by atoms with Gasteiger partial charge in [0.05, 0.1) is 12.7 Å². The van der Waals surface area contributed by atoms with Crippen LogP contribution in [-0.2, 0) is 23.4 Å². The molecule has 0 amide bonds. The van der Waals surface area contributed by atoms with Crippen LogP contribution in [0.5, 0.6) is 5.75 Å². The van der Waals surface area contributed by atoms with Crippen molar-refractivity contribution < 1.29 is 37.4 Å². The fraction of sp³-hybridized carbons (Fsp3) is 0.476. The number of aliphatic hydroxyl groups is 1. The highest BCUT2D eigenvalue weighted by Crippen LogP contribution is 2.45. The molecule has 0 bridgehead atoms. The van der Waals surface area contributed by atoms with Crippen molar-refractivity contribution in [2.45, 2.75) is 50.8 Å². The highest BCUT2D eigenvalue weighted by Gasteiger charge is 2.35. The molecule has 16 heteroatoms. The summed E-state index contributed by atoms with van der Waals surface area (Å²) in [6.07, 6.45) is -1.76. The van der Waals surface area contributed by atoms with E-state index in [1.807, 2.05) is 0 Å². The Morgan fingerprint density at radius 2 is 2.00 bits per heavy atom. The quantitative estimate of drug-likeness (QED) is 0.161. The fourth-order valence-corrected chi connectivity index (χ4v) is 4.85. The van der Waals surface area contributed by atoms with Gasteiger partial charge >= 0.3 is 19.4 Å². The van der Waals surface area contributed by atoms with Crippen molar-refractivity contribution in [3.63, 3.8) is 0 Å². The second-order valence-electron chi connectivity index (χ2n) is 7.85. The van der Waals surface area contributed by atoms with Crippen LogP contribution < -0.4 is 20.9 Å². The molecular weight excluding hydrogens is 604 g/mol. The lowest BCUT2D eigenvalue weighted by Gasteiger charge is -2.28. The molecule has 2 rings (SSSR count). The molecule has 12 nitrogen and oxygen atoms in total. The van der Waals surface area contributed by atoms with Gasteiger partial charge in [-0.05, 0) is 32.9 Å². The van der Waals surface area contributed by atoms with E-state index in [4.69, 9.17) is 30.1 Å². The molecule has 1 aromatic carbocycles. The molecule has 0 saturated heterocycles. The van der Waals surface area contributed by atoms with Gasteiger partial charge in [0, 0.05) is 23.7 Å². The van der Waals surface area contributed by atoms with Gasteiger partial charge in [-0.1, -0.05) is 33.6 Å². The van der Waals surface area contributed by atoms with E-state index in [1.165, 1.54) is 25.3 Å². The molecule has 0 spiro atoms. The summed E-state index contributed by atoms with van der Waals surface area (Å²) in [6, 6.07) is 4.61. The molecule has 37 heavy (non-hydrogen) atoms. The van der Waals surface area contributed by atoms with Crippen LogP contribution in [0.1, 0.15) is 27.0 Å². The van der Waals surface area contributed by atoms with Crippen molar-refractivity contribution in [2.75, 3.05) is 11.9 Å². The van der Waals surface area contributed by atoms with Crippen LogP contribution in [0.15, 0.2) is 46.1 Å². The minimum atomic E-state index is -4.44. The van der Waals surface area contributed by atoms with Gasteiger partial charge in [-0.15, -0.1) is 0 Å². The van der Waals surface area contributed by atoms with Crippen LogP contribution in [0.25, 0.3) is 0 Å². The van der Waals surface area contributed by atoms with Crippen LogP contribution >= 0.6 is 35.3 Å². The third-order valence-corrected chi connectivity index (χ3v) is 6.90. The van der Waals surface area contributed by atoms with Gasteiger partial charge in [0.15, 0.2) is 5.56 Å². The third kappa shape index (κ3) is 9.97. The van der Waals surface area contributed by atoms with E-state index >= 15 is 0 Å². The maximum Gasteiger partial charge on any atom is 0.459 e. The number of nitrogens with one attached hydrogen (secondary N) is 2. The number of esters is 1. The summed E-state index contributed by atoms with van der Waals surface area (Å²) < 4.78 is 49.8. The minimum absolute atomic E-state index is 0.0207. The Morgan fingerprint density at radius 3 is 2.57 bits per heavy atom. The Labute approximate surface area is 224 Å². The van der Waals surface area contributed by atoms with E-state index in [1.54, 1.807) is 13.8 Å². The molecule has 1 heterocycles. The summed E-state index contributed by atoms with van der Waals surface area (Å²) in [7, 11) is -4.44. The number of hydrogen-bond acceptors (Lipinski definition) is 9. The zero-order valence-corrected chi connectivity index (χ0v) is 23.2. The molecule has 0 aliphatic rings. The third-order valence-electron chi connectivity index (χ3n) is 4.42. The lowest BCUT2D eigenvalue weighted by molar-refractivity contribution is -0.149. The average molecular weight is 631 g/mol. The summed E-state index contributed by atoms with van der Waals surface area (Å²) >= 11 is 9.01. The van der Waals surface area contributed by atoms with Crippen molar-refractivity contribution in [1.82, 2.24) is 14.6 Å². The first-order chi connectivity index (χ1) is 17.3. The Hall–Kier alpha value is -2.06. The molecular formula is C21H27BrClFN3O9P. The largest absolute Gasteiger partial charge is 0.462 e. The molecule has 1 unspecified atom stereocenters. The smallest absolute Gasteiger partial charge is 0.459 e. The molecule has 2 aromatic rings. The molecule has 0 saturated carbocycles. The number of carbonyl (C=O) groups excluding carboxylic acids is 1. The zero-order valence-electron chi connectivity index (χ0n) is 20.0. The van der Waals surface area contributed by atoms with Crippen LogP contribution in [0, 0.1) is 5.82 Å². The maximum absolute atomic E-state index is 13.7. The summed E-state index contributed by atoms with van der Waals surface area (Å²) in [5, 5.41) is 12.5. The number of ether oxygens (including phenoxy) is 2. The SMILES string of the molecule is CC(C)OC(=O)[C@H](C)NP(=O)(OC[C@@H](O[C@H](CBr)n1ccc(=O)[nH]c1=O)[C@@H](O)Cl)Oc1cccc(F)c1. The molecule has 0 radical (unpaired) electrons. The number of aromatic nitrogens is 2. The number of benzene rings is 1. The number of hydrogen-bond donors (Lipinski definition) is 3. The number of alkyl halides is 2. The molecule has 5 atom stereocenters. The van der Waals surface area contributed by atoms with Gasteiger partial charge in [0.2, 0.25) is 0 Å². The molecule has 3 N–H and O–H groups in total. The summed E-state index contributed by atoms with van der Waals surface area (Å²) in [5.74, 6) is -1.62. The highest BCUT2D eigenvalue weighted by molar-refractivity contribution is 9.09. The van der Waals surface area contributed by atoms with E-state index in [0.29, 0.717) is 0 Å². The normalized spacial score (nSPS) is 16.4. The first-order valence-corrected chi connectivity index (χ1v) is 14.0. The van der Waals surface area contributed by atoms with Crippen molar-refractivity contribution in [2.24, 2.45) is 0 Å². The number of aromatic amines is 1. The number of halogens is 3. The van der Waals surface area contributed by atoms with E-state index in [2.05, 4.69) is 26.0 Å². The molecule has 206 valence electrons. The van der Waals surface area contributed by atoms with Gasteiger partial charge in [-0.25, -0.2) is 13.8 Å². The first-order valence-electron chi connectivity index (χ1n) is 10.9. The van der Waals surface area contributed by atoms with Crippen molar-refractivity contribution in [1.29, 1.82) is 0 Å². The lowest BCUT2D eigenvalue weighted by Crippen LogP contribution is -2.40. The van der Waals surface area contributed by atoms with E-state index < -0.39 is 67.4 Å².